The topological polar surface area (TPSA) is 73.8 Å². The molecular formula is C19H23N3O3S. The Morgan fingerprint density at radius 2 is 2.19 bits per heavy atom. The lowest BCUT2D eigenvalue weighted by Gasteiger charge is -2.28. The van der Waals surface area contributed by atoms with Crippen LogP contribution in [-0.2, 0) is 13.0 Å². The molecule has 1 unspecified atom stereocenters. The number of ether oxygens (including phenoxy) is 1. The van der Waals surface area contributed by atoms with Crippen LogP contribution in [0.2, 0.25) is 0 Å². The van der Waals surface area contributed by atoms with Gasteiger partial charge < -0.3 is 20.5 Å². The minimum Gasteiger partial charge on any atom is -0.507 e. The summed E-state index contributed by atoms with van der Waals surface area (Å²) in [6.07, 6.45) is 0.455. The Labute approximate surface area is 156 Å². The van der Waals surface area contributed by atoms with Crippen LogP contribution in [0.1, 0.15) is 46.4 Å². The lowest BCUT2D eigenvalue weighted by atomic mass is 10.00. The van der Waals surface area contributed by atoms with Crippen LogP contribution in [0.4, 0.5) is 5.00 Å². The second kappa shape index (κ2) is 6.81. The summed E-state index contributed by atoms with van der Waals surface area (Å²) >= 11 is 1.66. The van der Waals surface area contributed by atoms with E-state index < -0.39 is 6.17 Å². The SMILES string of the molecule is CCOc1ccc(C2NC(=O)c3c(sc4c3CCN(CC)C4)N2)c(O)c1. The highest BCUT2D eigenvalue weighted by molar-refractivity contribution is 7.16. The third kappa shape index (κ3) is 2.91. The predicted octanol–water partition coefficient (Wildman–Crippen LogP) is 3.08. The van der Waals surface area contributed by atoms with Crippen molar-refractivity contribution in [2.24, 2.45) is 0 Å². The van der Waals surface area contributed by atoms with E-state index in [1.54, 1.807) is 29.5 Å². The van der Waals surface area contributed by atoms with Gasteiger partial charge in [-0.2, -0.15) is 0 Å². The highest BCUT2D eigenvalue weighted by Crippen LogP contribution is 2.41. The number of aromatic hydroxyl groups is 1. The van der Waals surface area contributed by atoms with Crippen LogP contribution < -0.4 is 15.4 Å². The summed E-state index contributed by atoms with van der Waals surface area (Å²) in [7, 11) is 0. The fraction of sp³-hybridized carbons (Fsp3) is 0.421. The van der Waals surface area contributed by atoms with E-state index in [0.717, 1.165) is 36.6 Å². The number of phenols is 1. The molecule has 3 N–H and O–H groups in total. The zero-order chi connectivity index (χ0) is 18.3. The maximum atomic E-state index is 12.8. The van der Waals surface area contributed by atoms with Crippen LogP contribution in [0.3, 0.4) is 0 Å². The van der Waals surface area contributed by atoms with Gasteiger partial charge in [0.05, 0.1) is 12.2 Å². The number of nitrogens with zero attached hydrogens (tertiary/aromatic N) is 1. The first-order chi connectivity index (χ1) is 12.6. The van der Waals surface area contributed by atoms with E-state index in [-0.39, 0.29) is 11.7 Å². The molecule has 0 bridgehead atoms. The van der Waals surface area contributed by atoms with Gasteiger partial charge in [0.2, 0.25) is 0 Å². The second-order valence-electron chi connectivity index (χ2n) is 6.53. The highest BCUT2D eigenvalue weighted by atomic mass is 32.1. The monoisotopic (exact) mass is 373 g/mol. The molecule has 7 heteroatoms. The lowest BCUT2D eigenvalue weighted by molar-refractivity contribution is 0.0934. The van der Waals surface area contributed by atoms with Crippen molar-refractivity contribution in [2.45, 2.75) is 33.0 Å². The van der Waals surface area contributed by atoms with E-state index in [1.807, 2.05) is 6.92 Å². The van der Waals surface area contributed by atoms with Gasteiger partial charge in [0.25, 0.3) is 5.91 Å². The number of amides is 1. The number of fused-ring (bicyclic) bond motifs is 3. The van der Waals surface area contributed by atoms with Crippen LogP contribution in [0.25, 0.3) is 0 Å². The van der Waals surface area contributed by atoms with Crippen LogP contribution >= 0.6 is 11.3 Å². The number of phenolic OH excluding ortho intramolecular Hbond substituents is 1. The molecule has 2 aliphatic rings. The zero-order valence-corrected chi connectivity index (χ0v) is 15.8. The Morgan fingerprint density at radius 3 is 2.92 bits per heavy atom. The second-order valence-corrected chi connectivity index (χ2v) is 7.64. The first kappa shape index (κ1) is 17.2. The summed E-state index contributed by atoms with van der Waals surface area (Å²) in [6, 6.07) is 5.18. The van der Waals surface area contributed by atoms with E-state index in [9.17, 15) is 9.90 Å². The van der Waals surface area contributed by atoms with Gasteiger partial charge in [-0.3, -0.25) is 9.69 Å². The molecule has 0 saturated carbocycles. The maximum Gasteiger partial charge on any atom is 0.256 e. The number of nitrogens with one attached hydrogen (secondary N) is 2. The molecule has 0 fully saturated rings. The van der Waals surface area contributed by atoms with Crippen molar-refractivity contribution in [1.29, 1.82) is 0 Å². The third-order valence-electron chi connectivity index (χ3n) is 4.98. The van der Waals surface area contributed by atoms with E-state index >= 15 is 0 Å². The van der Waals surface area contributed by atoms with Gasteiger partial charge in [0.15, 0.2) is 0 Å². The van der Waals surface area contributed by atoms with Crippen molar-refractivity contribution in [3.63, 3.8) is 0 Å². The molecule has 2 aromatic rings. The normalized spacial score (nSPS) is 19.3. The third-order valence-corrected chi connectivity index (χ3v) is 6.13. The quantitative estimate of drug-likeness (QED) is 0.768. The van der Waals surface area contributed by atoms with E-state index in [4.69, 9.17) is 4.74 Å². The van der Waals surface area contributed by atoms with Gasteiger partial charge in [-0.05, 0) is 37.6 Å². The maximum absolute atomic E-state index is 12.8. The molecule has 0 aliphatic carbocycles. The summed E-state index contributed by atoms with van der Waals surface area (Å²) < 4.78 is 5.41. The first-order valence-electron chi connectivity index (χ1n) is 9.00. The minimum absolute atomic E-state index is 0.0699. The lowest BCUT2D eigenvalue weighted by Crippen LogP contribution is -2.38. The smallest absolute Gasteiger partial charge is 0.256 e. The molecule has 1 aromatic heterocycles. The van der Waals surface area contributed by atoms with Crippen molar-refractivity contribution >= 4 is 22.2 Å². The van der Waals surface area contributed by atoms with Gasteiger partial charge in [-0.15, -0.1) is 11.3 Å². The van der Waals surface area contributed by atoms with Gasteiger partial charge >= 0.3 is 0 Å². The van der Waals surface area contributed by atoms with Gasteiger partial charge in [0.1, 0.15) is 22.7 Å². The average molecular weight is 373 g/mol. The number of rotatable bonds is 4. The molecule has 6 nitrogen and oxygen atoms in total. The Bertz CT molecular complexity index is 849. The summed E-state index contributed by atoms with van der Waals surface area (Å²) in [6.45, 7) is 7.50. The number of likely N-dealkylation sites (N-methyl/N-ethyl adjacent to an activating group) is 1. The molecule has 1 aromatic carbocycles. The largest absolute Gasteiger partial charge is 0.507 e. The molecule has 1 atom stereocenters. The van der Waals surface area contributed by atoms with Gasteiger partial charge in [-0.25, -0.2) is 0 Å². The number of carbonyl (C=O) groups is 1. The van der Waals surface area contributed by atoms with Gasteiger partial charge in [-0.1, -0.05) is 6.92 Å². The van der Waals surface area contributed by atoms with Gasteiger partial charge in [0, 0.05) is 29.6 Å². The summed E-state index contributed by atoms with van der Waals surface area (Å²) in [4.78, 5) is 16.4. The number of hydrogen-bond acceptors (Lipinski definition) is 6. The molecule has 3 heterocycles. The first-order valence-corrected chi connectivity index (χ1v) is 9.82. The highest BCUT2D eigenvalue weighted by Gasteiger charge is 2.33. The Morgan fingerprint density at radius 1 is 1.35 bits per heavy atom. The molecule has 1 amide bonds. The Hall–Kier alpha value is -2.25. The fourth-order valence-electron chi connectivity index (χ4n) is 3.62. The Balaban J connectivity index is 1.63. The minimum atomic E-state index is -0.451. The van der Waals surface area contributed by atoms with Crippen LogP contribution in [0, 0.1) is 0 Å². The van der Waals surface area contributed by atoms with E-state index in [1.165, 1.54) is 10.4 Å². The summed E-state index contributed by atoms with van der Waals surface area (Å²) in [5.41, 5.74) is 2.59. The number of anilines is 1. The fourth-order valence-corrected chi connectivity index (χ4v) is 4.93. The zero-order valence-electron chi connectivity index (χ0n) is 15.0. The number of benzene rings is 1. The molecule has 4 rings (SSSR count). The molecule has 0 saturated heterocycles. The predicted molar refractivity (Wildman–Crippen MR) is 102 cm³/mol. The standard InChI is InChI=1S/C19H23N3O3S/c1-3-22-8-7-13-15(10-22)26-19-16(13)18(24)20-17(21-19)12-6-5-11(25-4-2)9-14(12)23/h5-6,9,17,21,23H,3-4,7-8,10H2,1-2H3,(H,20,24). The Kier molecular flexibility index (Phi) is 4.50. The van der Waals surface area contributed by atoms with Crippen molar-refractivity contribution in [1.82, 2.24) is 10.2 Å². The molecule has 0 radical (unpaired) electrons. The molecule has 138 valence electrons. The van der Waals surface area contributed by atoms with Crippen molar-refractivity contribution < 1.29 is 14.6 Å². The summed E-state index contributed by atoms with van der Waals surface area (Å²) in [5.74, 6) is 0.651. The van der Waals surface area contributed by atoms with Crippen LogP contribution in [-0.4, -0.2) is 35.6 Å². The van der Waals surface area contributed by atoms with Crippen molar-refractivity contribution in [3.05, 3.63) is 39.8 Å². The number of thiophene rings is 1. The number of hydrogen-bond donors (Lipinski definition) is 3. The van der Waals surface area contributed by atoms with Crippen molar-refractivity contribution in [3.8, 4) is 11.5 Å². The number of carbonyl (C=O) groups excluding carboxylic acids is 1. The van der Waals surface area contributed by atoms with Crippen molar-refractivity contribution in [2.75, 3.05) is 25.0 Å². The molecule has 0 spiro atoms. The summed E-state index contributed by atoms with van der Waals surface area (Å²) in [5, 5.41) is 17.6. The van der Waals surface area contributed by atoms with E-state index in [2.05, 4.69) is 22.5 Å². The molecule has 2 aliphatic heterocycles. The van der Waals surface area contributed by atoms with E-state index in [0.29, 0.717) is 17.9 Å². The molecular weight excluding hydrogens is 350 g/mol. The average Bonchev–Trinajstić information content (AvgIpc) is 2.99. The van der Waals surface area contributed by atoms with Crippen LogP contribution in [0.5, 0.6) is 11.5 Å². The molecule has 26 heavy (non-hydrogen) atoms. The van der Waals surface area contributed by atoms with Crippen LogP contribution in [0.15, 0.2) is 18.2 Å².